The van der Waals surface area contributed by atoms with Gasteiger partial charge in [0.25, 0.3) is 0 Å². The summed E-state index contributed by atoms with van der Waals surface area (Å²) in [5.41, 5.74) is 2.66. The van der Waals surface area contributed by atoms with Crippen molar-refractivity contribution < 1.29 is 0 Å². The molecule has 2 rings (SSSR count). The summed E-state index contributed by atoms with van der Waals surface area (Å²) in [5.74, 6) is 0. The molecule has 3 nitrogen and oxygen atoms in total. The zero-order valence-corrected chi connectivity index (χ0v) is 12.9. The van der Waals surface area contributed by atoms with Crippen LogP contribution in [0.2, 0.25) is 0 Å². The van der Waals surface area contributed by atoms with Crippen molar-refractivity contribution in [3.63, 3.8) is 0 Å². The van der Waals surface area contributed by atoms with E-state index in [2.05, 4.69) is 56.4 Å². The fourth-order valence-electron chi connectivity index (χ4n) is 1.95. The van der Waals surface area contributed by atoms with Gasteiger partial charge in [-0.05, 0) is 30.9 Å². The molecule has 0 aliphatic rings. The van der Waals surface area contributed by atoms with E-state index in [9.17, 15) is 0 Å². The number of rotatable bonds is 6. The van der Waals surface area contributed by atoms with E-state index in [0.717, 1.165) is 12.2 Å². The van der Waals surface area contributed by atoms with E-state index < -0.39 is 0 Å². The lowest BCUT2D eigenvalue weighted by molar-refractivity contribution is 0.314. The van der Waals surface area contributed by atoms with Gasteiger partial charge in [-0.3, -0.25) is 0 Å². The van der Waals surface area contributed by atoms with Gasteiger partial charge in [-0.1, -0.05) is 39.0 Å². The second-order valence-electron chi connectivity index (χ2n) is 6.17. The van der Waals surface area contributed by atoms with Gasteiger partial charge >= 0.3 is 0 Å². The first kappa shape index (κ1) is 14.8. The van der Waals surface area contributed by atoms with Gasteiger partial charge < -0.3 is 5.32 Å². The number of nitrogens with zero attached hydrogens (tertiary/aromatic N) is 2. The highest BCUT2D eigenvalue weighted by Crippen LogP contribution is 2.20. The van der Waals surface area contributed by atoms with Crippen LogP contribution in [0.5, 0.6) is 0 Å². The first-order valence-corrected chi connectivity index (χ1v) is 7.35. The van der Waals surface area contributed by atoms with Gasteiger partial charge in [-0.25, -0.2) is 4.68 Å². The van der Waals surface area contributed by atoms with Crippen LogP contribution in [0, 0.1) is 5.41 Å². The maximum atomic E-state index is 4.45. The lowest BCUT2D eigenvalue weighted by Crippen LogP contribution is -2.30. The van der Waals surface area contributed by atoms with Gasteiger partial charge in [0, 0.05) is 24.3 Å². The summed E-state index contributed by atoms with van der Waals surface area (Å²) in [6, 6.07) is 10.5. The summed E-state index contributed by atoms with van der Waals surface area (Å²) in [6.45, 7) is 10.0. The number of hydrogen-bond donors (Lipinski definition) is 1. The third-order valence-electron chi connectivity index (χ3n) is 3.97. The van der Waals surface area contributed by atoms with Crippen molar-refractivity contribution in [3.05, 3.63) is 48.3 Å². The Hall–Kier alpha value is -1.61. The third kappa shape index (κ3) is 3.70. The Morgan fingerprint density at radius 3 is 2.60 bits per heavy atom. The summed E-state index contributed by atoms with van der Waals surface area (Å²) in [6.07, 6.45) is 5.23. The second kappa shape index (κ2) is 6.23. The minimum absolute atomic E-state index is 0.318. The molecule has 0 spiro atoms. The van der Waals surface area contributed by atoms with Crippen LogP contribution < -0.4 is 5.32 Å². The average Bonchev–Trinajstić information content (AvgIpc) is 2.96. The highest BCUT2D eigenvalue weighted by molar-refractivity contribution is 5.31. The highest BCUT2D eigenvalue weighted by atomic mass is 15.3. The maximum absolute atomic E-state index is 4.45. The number of hydrogen-bond acceptors (Lipinski definition) is 2. The predicted molar refractivity (Wildman–Crippen MR) is 84.1 cm³/mol. The van der Waals surface area contributed by atoms with E-state index >= 15 is 0 Å². The largest absolute Gasteiger partial charge is 0.310 e. The Morgan fingerprint density at radius 1 is 1.25 bits per heavy atom. The zero-order valence-electron chi connectivity index (χ0n) is 12.9. The van der Waals surface area contributed by atoms with Gasteiger partial charge in [-0.15, -0.1) is 0 Å². The summed E-state index contributed by atoms with van der Waals surface area (Å²) in [7, 11) is 0. The molecular weight excluding hydrogens is 246 g/mol. The second-order valence-corrected chi connectivity index (χ2v) is 6.17. The van der Waals surface area contributed by atoms with E-state index in [-0.39, 0.29) is 0 Å². The fraction of sp³-hybridized carbons (Fsp3) is 0.471. The quantitative estimate of drug-likeness (QED) is 0.862. The minimum atomic E-state index is 0.318. The first-order valence-electron chi connectivity index (χ1n) is 7.35. The number of aromatic nitrogens is 2. The van der Waals surface area contributed by atoms with Gasteiger partial charge in [-0.2, -0.15) is 5.10 Å². The van der Waals surface area contributed by atoms with Crippen LogP contribution in [-0.2, 0) is 0 Å². The fourth-order valence-corrected chi connectivity index (χ4v) is 1.95. The summed E-state index contributed by atoms with van der Waals surface area (Å²) in [4.78, 5) is 0. The standard InChI is InChI=1S/C17H25N3/c1-5-17(3,4)13-18-14(2)15-11-19-20(12-15)16-9-7-6-8-10-16/h6-12,14,18H,5,13H2,1-4H3. The molecule has 1 aromatic carbocycles. The van der Waals surface area contributed by atoms with Crippen LogP contribution in [0.1, 0.15) is 45.7 Å². The predicted octanol–water partition coefficient (Wildman–Crippen LogP) is 3.96. The molecule has 0 radical (unpaired) electrons. The molecule has 1 N–H and O–H groups in total. The SMILES string of the molecule is CCC(C)(C)CNC(C)c1cnn(-c2ccccc2)c1. The van der Waals surface area contributed by atoms with Crippen LogP contribution in [0.3, 0.4) is 0 Å². The van der Waals surface area contributed by atoms with Crippen molar-refractivity contribution in [3.8, 4) is 5.69 Å². The van der Waals surface area contributed by atoms with Crippen LogP contribution in [0.4, 0.5) is 0 Å². The number of nitrogens with one attached hydrogen (secondary N) is 1. The molecule has 108 valence electrons. The average molecular weight is 271 g/mol. The van der Waals surface area contributed by atoms with Crippen LogP contribution in [-0.4, -0.2) is 16.3 Å². The van der Waals surface area contributed by atoms with Crippen LogP contribution in [0.15, 0.2) is 42.7 Å². The molecule has 3 heteroatoms. The molecule has 0 amide bonds. The lowest BCUT2D eigenvalue weighted by atomic mass is 9.90. The smallest absolute Gasteiger partial charge is 0.0645 e. The normalized spacial score (nSPS) is 13.4. The van der Waals surface area contributed by atoms with Crippen molar-refractivity contribution in [1.82, 2.24) is 15.1 Å². The van der Waals surface area contributed by atoms with Crippen molar-refractivity contribution in [2.45, 2.75) is 40.2 Å². The first-order chi connectivity index (χ1) is 9.52. The van der Waals surface area contributed by atoms with Gasteiger partial charge in [0.1, 0.15) is 0 Å². The highest BCUT2D eigenvalue weighted by Gasteiger charge is 2.17. The molecule has 0 fully saturated rings. The van der Waals surface area contributed by atoms with Crippen molar-refractivity contribution in [2.75, 3.05) is 6.54 Å². The van der Waals surface area contributed by atoms with E-state index in [4.69, 9.17) is 0 Å². The zero-order chi connectivity index (χ0) is 14.6. The molecule has 0 aliphatic heterocycles. The Balaban J connectivity index is 2.02. The Labute approximate surface area is 122 Å². The summed E-state index contributed by atoms with van der Waals surface area (Å²) in [5, 5.41) is 8.05. The van der Waals surface area contributed by atoms with Crippen molar-refractivity contribution in [1.29, 1.82) is 0 Å². The number of para-hydroxylation sites is 1. The molecule has 1 aromatic heterocycles. The lowest BCUT2D eigenvalue weighted by Gasteiger charge is -2.25. The molecule has 20 heavy (non-hydrogen) atoms. The summed E-state index contributed by atoms with van der Waals surface area (Å²) < 4.78 is 1.93. The van der Waals surface area contributed by atoms with E-state index in [1.807, 2.05) is 29.1 Å². The molecule has 0 saturated heterocycles. The molecule has 2 aromatic rings. The molecular formula is C17H25N3. The Morgan fingerprint density at radius 2 is 1.95 bits per heavy atom. The molecule has 1 atom stereocenters. The van der Waals surface area contributed by atoms with Gasteiger partial charge in [0.2, 0.25) is 0 Å². The van der Waals surface area contributed by atoms with Gasteiger partial charge in [0.05, 0.1) is 11.9 Å². The Bertz CT molecular complexity index is 528. The van der Waals surface area contributed by atoms with Crippen molar-refractivity contribution >= 4 is 0 Å². The molecule has 1 unspecified atom stereocenters. The maximum Gasteiger partial charge on any atom is 0.0645 e. The van der Waals surface area contributed by atoms with Crippen LogP contribution >= 0.6 is 0 Å². The van der Waals surface area contributed by atoms with Crippen molar-refractivity contribution in [2.24, 2.45) is 5.41 Å². The van der Waals surface area contributed by atoms with Crippen LogP contribution in [0.25, 0.3) is 5.69 Å². The van der Waals surface area contributed by atoms with E-state index in [1.165, 1.54) is 12.0 Å². The molecule has 0 aliphatic carbocycles. The monoisotopic (exact) mass is 271 g/mol. The number of benzene rings is 1. The van der Waals surface area contributed by atoms with Gasteiger partial charge in [0.15, 0.2) is 0 Å². The minimum Gasteiger partial charge on any atom is -0.310 e. The molecule has 0 saturated carbocycles. The summed E-state index contributed by atoms with van der Waals surface area (Å²) >= 11 is 0. The van der Waals surface area contributed by atoms with E-state index in [0.29, 0.717) is 11.5 Å². The molecule has 0 bridgehead atoms. The van der Waals surface area contributed by atoms with E-state index in [1.54, 1.807) is 0 Å². The topological polar surface area (TPSA) is 29.9 Å². The third-order valence-corrected chi connectivity index (χ3v) is 3.97. The Kier molecular flexibility index (Phi) is 4.61. The molecule has 1 heterocycles.